The minimum atomic E-state index is -3.04. The Morgan fingerprint density at radius 3 is 2.06 bits per heavy atom. The van der Waals surface area contributed by atoms with Crippen LogP contribution < -0.4 is 15.8 Å². The third-order valence-electron chi connectivity index (χ3n) is 4.07. The molecule has 5 N–H and O–H groups in total. The van der Waals surface area contributed by atoms with Gasteiger partial charge in [0.15, 0.2) is 6.04 Å². The molecule has 11 heteroatoms. The molecule has 0 aromatic heterocycles. The van der Waals surface area contributed by atoms with Gasteiger partial charge in [0.1, 0.15) is 18.9 Å². The van der Waals surface area contributed by atoms with E-state index < -0.39 is 36.7 Å². The van der Waals surface area contributed by atoms with Crippen molar-refractivity contribution in [2.45, 2.75) is 12.5 Å². The highest BCUT2D eigenvalue weighted by Crippen LogP contribution is 2.23. The number of aliphatic hydroxyl groups excluding tert-OH is 1. The molecule has 0 fully saturated rings. The van der Waals surface area contributed by atoms with E-state index in [1.165, 1.54) is 12.1 Å². The van der Waals surface area contributed by atoms with E-state index in [0.717, 1.165) is 11.1 Å². The maximum atomic E-state index is 12.3. The number of amides is 3. The molecule has 0 aliphatic rings. The van der Waals surface area contributed by atoms with Gasteiger partial charge in [0.25, 0.3) is 18.2 Å². The van der Waals surface area contributed by atoms with Crippen LogP contribution in [0.25, 0.3) is 11.1 Å². The van der Waals surface area contributed by atoms with Crippen molar-refractivity contribution in [2.24, 2.45) is 5.73 Å². The first-order valence-corrected chi connectivity index (χ1v) is 9.05. The minimum Gasteiger partial charge on any atom is -0.491 e. The SMILES string of the molecule is NC(=O)C(NC(=O)c1ccc(-c2ccc(OCCO)cc2)cc1)C(=O)N(O)CC(F)F. The minimum absolute atomic E-state index is 0.0732. The molecule has 31 heavy (non-hydrogen) atoms. The van der Waals surface area contributed by atoms with Crippen molar-refractivity contribution >= 4 is 17.7 Å². The molecule has 3 amide bonds. The predicted octanol–water partition coefficient (Wildman–Crippen LogP) is 0.791. The van der Waals surface area contributed by atoms with E-state index in [9.17, 15) is 28.4 Å². The number of hydrogen-bond acceptors (Lipinski definition) is 6. The highest BCUT2D eigenvalue weighted by Gasteiger charge is 2.31. The van der Waals surface area contributed by atoms with Crippen LogP contribution in [0.2, 0.25) is 0 Å². The zero-order valence-corrected chi connectivity index (χ0v) is 16.2. The number of carbonyl (C=O) groups excluding carboxylic acids is 3. The molecule has 166 valence electrons. The fourth-order valence-electron chi connectivity index (χ4n) is 2.56. The second-order valence-electron chi connectivity index (χ2n) is 6.29. The third-order valence-corrected chi connectivity index (χ3v) is 4.07. The summed E-state index contributed by atoms with van der Waals surface area (Å²) in [6, 6.07) is 11.1. The van der Waals surface area contributed by atoms with Gasteiger partial charge < -0.3 is 20.9 Å². The average molecular weight is 437 g/mol. The van der Waals surface area contributed by atoms with Crippen molar-refractivity contribution in [2.75, 3.05) is 19.8 Å². The largest absolute Gasteiger partial charge is 0.491 e. The molecule has 0 bridgehead atoms. The van der Waals surface area contributed by atoms with Crippen molar-refractivity contribution in [3.05, 3.63) is 54.1 Å². The Morgan fingerprint density at radius 1 is 1.03 bits per heavy atom. The van der Waals surface area contributed by atoms with Crippen LogP contribution in [0.1, 0.15) is 10.4 Å². The van der Waals surface area contributed by atoms with Crippen molar-refractivity contribution in [3.63, 3.8) is 0 Å². The number of primary amides is 1. The van der Waals surface area contributed by atoms with E-state index in [-0.39, 0.29) is 23.8 Å². The lowest BCUT2D eigenvalue weighted by molar-refractivity contribution is -0.175. The van der Waals surface area contributed by atoms with E-state index in [0.29, 0.717) is 5.75 Å². The van der Waals surface area contributed by atoms with Gasteiger partial charge in [0.05, 0.1) is 6.61 Å². The van der Waals surface area contributed by atoms with Crippen LogP contribution >= 0.6 is 0 Å². The molecule has 0 spiro atoms. The molecule has 0 saturated carbocycles. The van der Waals surface area contributed by atoms with E-state index in [1.54, 1.807) is 36.4 Å². The summed E-state index contributed by atoms with van der Waals surface area (Å²) in [5.41, 5.74) is 6.70. The first-order chi connectivity index (χ1) is 14.7. The number of nitrogens with two attached hydrogens (primary N) is 1. The van der Waals surface area contributed by atoms with Gasteiger partial charge >= 0.3 is 0 Å². The summed E-state index contributed by atoms with van der Waals surface area (Å²) in [6.45, 7) is -1.26. The van der Waals surface area contributed by atoms with Gasteiger partial charge in [-0.2, -0.15) is 0 Å². The number of aliphatic hydroxyl groups is 1. The van der Waals surface area contributed by atoms with Crippen molar-refractivity contribution in [1.82, 2.24) is 10.4 Å². The van der Waals surface area contributed by atoms with Crippen molar-refractivity contribution < 1.29 is 38.2 Å². The molecule has 0 aliphatic heterocycles. The number of hydroxylamine groups is 2. The van der Waals surface area contributed by atoms with E-state index in [4.69, 9.17) is 15.6 Å². The Labute approximate surface area is 176 Å². The molecule has 1 atom stereocenters. The fraction of sp³-hybridized carbons (Fsp3) is 0.250. The van der Waals surface area contributed by atoms with Crippen molar-refractivity contribution in [1.29, 1.82) is 0 Å². The van der Waals surface area contributed by atoms with Gasteiger partial charge in [0, 0.05) is 5.56 Å². The molecular formula is C20H21F2N3O6. The molecule has 0 radical (unpaired) electrons. The molecule has 1 unspecified atom stereocenters. The number of nitrogens with one attached hydrogen (secondary N) is 1. The van der Waals surface area contributed by atoms with Crippen LogP contribution in [0.15, 0.2) is 48.5 Å². The second-order valence-corrected chi connectivity index (χ2v) is 6.29. The standard InChI is InChI=1S/C20H21F2N3O6/c21-16(22)11-25(30)20(29)17(18(23)27)24-19(28)14-3-1-12(2-4-14)13-5-7-15(8-6-13)31-10-9-26/h1-8,16-17,26,30H,9-11H2,(H2,23,27)(H,24,28). The average Bonchev–Trinajstić information content (AvgIpc) is 2.75. The molecule has 9 nitrogen and oxygen atoms in total. The Bertz CT molecular complexity index is 906. The Balaban J connectivity index is 2.08. The van der Waals surface area contributed by atoms with Gasteiger partial charge in [-0.15, -0.1) is 0 Å². The summed E-state index contributed by atoms with van der Waals surface area (Å²) < 4.78 is 29.9. The topological polar surface area (TPSA) is 142 Å². The number of halogens is 2. The highest BCUT2D eigenvalue weighted by molar-refractivity contribution is 6.08. The van der Waals surface area contributed by atoms with Gasteiger partial charge in [0.2, 0.25) is 5.91 Å². The molecule has 0 heterocycles. The quantitative estimate of drug-likeness (QED) is 0.246. The third kappa shape index (κ3) is 6.73. The lowest BCUT2D eigenvalue weighted by Gasteiger charge is -2.20. The van der Waals surface area contributed by atoms with Crippen LogP contribution in [0.3, 0.4) is 0 Å². The summed E-state index contributed by atoms with van der Waals surface area (Å²) in [5, 5.41) is 19.8. The van der Waals surface area contributed by atoms with Gasteiger partial charge in [-0.25, -0.2) is 13.8 Å². The summed E-state index contributed by atoms with van der Waals surface area (Å²) in [5.74, 6) is -3.06. The van der Waals surface area contributed by atoms with Crippen LogP contribution in [-0.4, -0.2) is 65.3 Å². The summed E-state index contributed by atoms with van der Waals surface area (Å²) in [6.07, 6.45) is -3.04. The first-order valence-electron chi connectivity index (χ1n) is 9.05. The Hall–Kier alpha value is -3.57. The molecule has 2 aromatic carbocycles. The molecule has 0 saturated heterocycles. The van der Waals surface area contributed by atoms with E-state index in [1.807, 2.05) is 5.32 Å². The number of benzene rings is 2. The van der Waals surface area contributed by atoms with Gasteiger partial charge in [-0.3, -0.25) is 19.6 Å². The lowest BCUT2D eigenvalue weighted by atomic mass is 10.0. The zero-order valence-electron chi connectivity index (χ0n) is 16.2. The van der Waals surface area contributed by atoms with Gasteiger partial charge in [-0.05, 0) is 35.4 Å². The number of ether oxygens (including phenoxy) is 1. The van der Waals surface area contributed by atoms with Crippen LogP contribution in [0.4, 0.5) is 8.78 Å². The fourth-order valence-corrected chi connectivity index (χ4v) is 2.56. The number of nitrogens with zero attached hydrogens (tertiary/aromatic N) is 1. The zero-order chi connectivity index (χ0) is 23.0. The number of alkyl halides is 2. The first kappa shape index (κ1) is 23.7. The van der Waals surface area contributed by atoms with Crippen molar-refractivity contribution in [3.8, 4) is 16.9 Å². The maximum Gasteiger partial charge on any atom is 0.278 e. The molecule has 2 rings (SSSR count). The Morgan fingerprint density at radius 2 is 1.58 bits per heavy atom. The number of carbonyl (C=O) groups is 3. The Kier molecular flexibility index (Phi) is 8.41. The van der Waals surface area contributed by atoms with Crippen LogP contribution in [0.5, 0.6) is 5.75 Å². The maximum absolute atomic E-state index is 12.3. The number of rotatable bonds is 10. The second kappa shape index (κ2) is 11.0. The highest BCUT2D eigenvalue weighted by atomic mass is 19.3. The normalized spacial score (nSPS) is 11.6. The monoisotopic (exact) mass is 437 g/mol. The summed E-state index contributed by atoms with van der Waals surface area (Å²) in [4.78, 5) is 35.7. The lowest BCUT2D eigenvalue weighted by Crippen LogP contribution is -2.55. The molecular weight excluding hydrogens is 416 g/mol. The summed E-state index contributed by atoms with van der Waals surface area (Å²) >= 11 is 0. The van der Waals surface area contributed by atoms with E-state index >= 15 is 0 Å². The smallest absolute Gasteiger partial charge is 0.278 e. The van der Waals surface area contributed by atoms with E-state index in [2.05, 4.69) is 0 Å². The molecule has 2 aromatic rings. The van der Waals surface area contributed by atoms with Gasteiger partial charge in [-0.1, -0.05) is 24.3 Å². The van der Waals surface area contributed by atoms with Crippen LogP contribution in [-0.2, 0) is 9.59 Å². The predicted molar refractivity (Wildman–Crippen MR) is 104 cm³/mol. The summed E-state index contributed by atoms with van der Waals surface area (Å²) in [7, 11) is 0. The number of hydrogen-bond donors (Lipinski definition) is 4. The van der Waals surface area contributed by atoms with Crippen LogP contribution in [0, 0.1) is 0 Å². The molecule has 0 aliphatic carbocycles.